The zero-order valence-electron chi connectivity index (χ0n) is 12.3. The molecule has 0 aromatic heterocycles. The Morgan fingerprint density at radius 3 is 1.95 bits per heavy atom. The van der Waals surface area contributed by atoms with Crippen molar-refractivity contribution in [3.05, 3.63) is 24.3 Å². The number of hydrogen-bond acceptors (Lipinski definition) is 3. The Balaban J connectivity index is 0.000000711. The Hall–Kier alpha value is -0.0600. The van der Waals surface area contributed by atoms with E-state index in [-0.39, 0.29) is 0 Å². The quantitative estimate of drug-likeness (QED) is 0.656. The lowest BCUT2D eigenvalue weighted by Gasteiger charge is -2.32. The van der Waals surface area contributed by atoms with E-state index in [0.29, 0.717) is 12.1 Å². The number of ether oxygens (including phenoxy) is 1. The summed E-state index contributed by atoms with van der Waals surface area (Å²) in [7, 11) is 1.64. The van der Waals surface area contributed by atoms with Crippen LogP contribution in [0.5, 0.6) is 5.75 Å². The van der Waals surface area contributed by atoms with Gasteiger partial charge < -0.3 is 27.8 Å². The fourth-order valence-corrected chi connectivity index (χ4v) is 4.56. The van der Waals surface area contributed by atoms with Crippen molar-refractivity contribution in [2.45, 2.75) is 39.8 Å². The molecule has 4 N–H and O–H groups in total. The Morgan fingerprint density at radius 1 is 1.21 bits per heavy atom. The van der Waals surface area contributed by atoms with Gasteiger partial charge in [0, 0.05) is 6.04 Å². The third-order valence-corrected chi connectivity index (χ3v) is 5.57. The van der Waals surface area contributed by atoms with Gasteiger partial charge in [0.25, 0.3) is 0 Å². The lowest BCUT2D eigenvalue weighted by Crippen LogP contribution is -2.57. The molecular weight excluding hydrogens is 295 g/mol. The molecule has 0 heterocycles. The van der Waals surface area contributed by atoms with Gasteiger partial charge in [-0.2, -0.15) is 0 Å². The van der Waals surface area contributed by atoms with Crippen LogP contribution in [0.1, 0.15) is 27.7 Å². The summed E-state index contributed by atoms with van der Waals surface area (Å²) in [5.74, 6) is 0.827. The lowest BCUT2D eigenvalue weighted by atomic mass is 10.3. The molecule has 0 aliphatic heterocycles. The summed E-state index contributed by atoms with van der Waals surface area (Å²) < 4.78 is 5.09. The van der Waals surface area contributed by atoms with Crippen molar-refractivity contribution in [2.75, 3.05) is 7.11 Å². The van der Waals surface area contributed by atoms with Crippen molar-refractivity contribution in [3.8, 4) is 5.75 Å². The van der Waals surface area contributed by atoms with Crippen molar-refractivity contribution in [1.82, 2.24) is 5.09 Å². The van der Waals surface area contributed by atoms with Crippen molar-refractivity contribution >= 4 is 34.8 Å². The van der Waals surface area contributed by atoms with E-state index in [1.54, 1.807) is 7.11 Å². The number of benzene rings is 1. The topological polar surface area (TPSA) is 48.9 Å². The number of rotatable bonds is 4. The first kappa shape index (κ1) is 18.9. The van der Waals surface area contributed by atoms with Gasteiger partial charge in [-0.15, -0.1) is 11.8 Å². The maximum atomic E-state index is 5.44. The Kier molecular flexibility index (Phi) is 8.95. The molecule has 1 unspecified atom stereocenters. The van der Waals surface area contributed by atoms with Gasteiger partial charge >= 0.3 is 0 Å². The Labute approximate surface area is 127 Å². The predicted octanol–water partition coefficient (Wildman–Crippen LogP) is 1.81. The summed E-state index contributed by atoms with van der Waals surface area (Å²) in [5.41, 5.74) is 3.64. The SMILES string of the molecule is CC(C)[NH3+].COc1ccc(P(=S)([S-])NC(C)C)cc1. The smallest absolute Gasteiger partial charge is 0.118 e. The van der Waals surface area contributed by atoms with E-state index in [0.717, 1.165) is 11.1 Å². The van der Waals surface area contributed by atoms with Crippen LogP contribution in [0, 0.1) is 0 Å². The van der Waals surface area contributed by atoms with Gasteiger partial charge in [-0.05, 0) is 45.1 Å². The molecule has 1 rings (SSSR count). The van der Waals surface area contributed by atoms with Crippen LogP contribution in [-0.4, -0.2) is 19.2 Å². The van der Waals surface area contributed by atoms with Crippen LogP contribution in [0.15, 0.2) is 24.3 Å². The minimum Gasteiger partial charge on any atom is -0.727 e. The molecule has 0 bridgehead atoms. The predicted molar refractivity (Wildman–Crippen MR) is 90.6 cm³/mol. The molecule has 0 amide bonds. The summed E-state index contributed by atoms with van der Waals surface area (Å²) in [6.45, 7) is 8.22. The molecule has 19 heavy (non-hydrogen) atoms. The van der Waals surface area contributed by atoms with Crippen molar-refractivity contribution < 1.29 is 10.5 Å². The van der Waals surface area contributed by atoms with E-state index < -0.39 is 5.39 Å². The lowest BCUT2D eigenvalue weighted by molar-refractivity contribution is -0.407. The molecule has 1 atom stereocenters. The highest BCUT2D eigenvalue weighted by Gasteiger charge is 2.06. The first-order valence-electron chi connectivity index (χ1n) is 6.25. The number of quaternary nitrogens is 1. The van der Waals surface area contributed by atoms with Crippen LogP contribution in [0.2, 0.25) is 0 Å². The first-order chi connectivity index (χ1) is 8.69. The molecule has 0 saturated heterocycles. The van der Waals surface area contributed by atoms with Crippen LogP contribution in [-0.2, 0) is 24.1 Å². The zero-order chi connectivity index (χ0) is 15.1. The summed E-state index contributed by atoms with van der Waals surface area (Å²) >= 11 is 10.9. The fraction of sp³-hybridized carbons (Fsp3) is 0.538. The first-order valence-corrected chi connectivity index (χ1v) is 10.1. The van der Waals surface area contributed by atoms with Gasteiger partial charge in [0.15, 0.2) is 0 Å². The third kappa shape index (κ3) is 8.66. The zero-order valence-corrected chi connectivity index (χ0v) is 14.9. The maximum Gasteiger partial charge on any atom is 0.118 e. The van der Waals surface area contributed by atoms with E-state index >= 15 is 0 Å². The molecule has 0 radical (unpaired) electrons. The summed E-state index contributed by atoms with van der Waals surface area (Å²) in [6, 6.07) is 8.58. The molecule has 0 saturated carbocycles. The second-order valence-corrected chi connectivity index (χ2v) is 10.8. The fourth-order valence-electron chi connectivity index (χ4n) is 1.19. The number of nitrogens with one attached hydrogen (secondary N) is 1. The average Bonchev–Trinajstić information content (AvgIpc) is 2.26. The largest absolute Gasteiger partial charge is 0.727 e. The summed E-state index contributed by atoms with van der Waals surface area (Å²) in [4.78, 5) is 0. The van der Waals surface area contributed by atoms with Gasteiger partial charge in [0.2, 0.25) is 0 Å². The Bertz CT molecular complexity index is 405. The van der Waals surface area contributed by atoms with Crippen molar-refractivity contribution in [3.63, 3.8) is 0 Å². The molecule has 0 aliphatic rings. The molecule has 1 aromatic rings. The highest BCUT2D eigenvalue weighted by atomic mass is 32.9. The van der Waals surface area contributed by atoms with Crippen LogP contribution in [0.4, 0.5) is 0 Å². The van der Waals surface area contributed by atoms with Crippen LogP contribution < -0.4 is 20.9 Å². The van der Waals surface area contributed by atoms with Gasteiger partial charge in [0.05, 0.1) is 13.2 Å². The van der Waals surface area contributed by atoms with Gasteiger partial charge in [-0.3, -0.25) is 0 Å². The van der Waals surface area contributed by atoms with E-state index in [4.69, 9.17) is 28.8 Å². The minimum atomic E-state index is -2.02. The third-order valence-electron chi connectivity index (χ3n) is 1.84. The van der Waals surface area contributed by atoms with Crippen molar-refractivity contribution in [2.24, 2.45) is 0 Å². The second kappa shape index (κ2) is 8.98. The van der Waals surface area contributed by atoms with Crippen LogP contribution in [0.25, 0.3) is 0 Å². The summed E-state index contributed by atoms with van der Waals surface area (Å²) in [5, 5.41) is 2.27. The molecular formula is C13H25N2OPS2. The monoisotopic (exact) mass is 320 g/mol. The van der Waals surface area contributed by atoms with Crippen molar-refractivity contribution in [1.29, 1.82) is 0 Å². The Morgan fingerprint density at radius 2 is 1.63 bits per heavy atom. The standard InChI is InChI=1S/C10H16NOPS2.C3H9N/c1-8(2)11-13(14,15)10-6-4-9(12-3)5-7-10;1-3(2)4/h4-8H,1-3H3,(H2,11,14,15);3H,4H2,1-2H3. The molecule has 110 valence electrons. The van der Waals surface area contributed by atoms with Gasteiger partial charge in [-0.25, -0.2) is 0 Å². The minimum absolute atomic E-state index is 0.315. The van der Waals surface area contributed by atoms with E-state index in [1.165, 1.54) is 0 Å². The molecule has 0 spiro atoms. The second-order valence-electron chi connectivity index (χ2n) is 4.93. The molecule has 1 aromatic carbocycles. The van der Waals surface area contributed by atoms with Gasteiger partial charge in [-0.1, -0.05) is 17.5 Å². The molecule has 0 fully saturated rings. The van der Waals surface area contributed by atoms with E-state index in [9.17, 15) is 0 Å². The highest BCUT2D eigenvalue weighted by Crippen LogP contribution is 2.37. The molecule has 6 heteroatoms. The van der Waals surface area contributed by atoms with E-state index in [2.05, 4.69) is 38.5 Å². The normalized spacial score (nSPS) is 13.7. The van der Waals surface area contributed by atoms with Crippen LogP contribution >= 0.6 is 5.39 Å². The average molecular weight is 320 g/mol. The molecule has 0 aliphatic carbocycles. The molecule has 3 nitrogen and oxygen atoms in total. The number of hydrogen-bond donors (Lipinski definition) is 2. The van der Waals surface area contributed by atoms with Gasteiger partial charge in [0.1, 0.15) is 5.75 Å². The summed E-state index contributed by atoms with van der Waals surface area (Å²) in [6.07, 6.45) is 0. The highest BCUT2D eigenvalue weighted by molar-refractivity contribution is 8.57. The number of methoxy groups -OCH3 is 1. The maximum absolute atomic E-state index is 5.44. The van der Waals surface area contributed by atoms with Crippen LogP contribution in [0.3, 0.4) is 0 Å². The van der Waals surface area contributed by atoms with E-state index in [1.807, 2.05) is 24.3 Å².